The van der Waals surface area contributed by atoms with Crippen LogP contribution in [0.15, 0.2) is 66.3 Å². The van der Waals surface area contributed by atoms with Crippen LogP contribution in [0.3, 0.4) is 0 Å². The molecule has 0 aromatic carbocycles. The van der Waals surface area contributed by atoms with Crippen molar-refractivity contribution in [2.24, 2.45) is 0 Å². The third kappa shape index (κ3) is 3.49. The van der Waals surface area contributed by atoms with Gasteiger partial charge in [-0.3, -0.25) is 18.9 Å². The predicted molar refractivity (Wildman–Crippen MR) is 102 cm³/mol. The van der Waals surface area contributed by atoms with Gasteiger partial charge in [0.1, 0.15) is 0 Å². The Morgan fingerprint density at radius 1 is 1.11 bits per heavy atom. The van der Waals surface area contributed by atoms with Crippen molar-refractivity contribution in [1.82, 2.24) is 24.1 Å². The maximum absolute atomic E-state index is 12.7. The van der Waals surface area contributed by atoms with Gasteiger partial charge in [0, 0.05) is 37.1 Å². The number of fused-ring (bicyclic) bond motifs is 1. The minimum Gasteiger partial charge on any atom is -0.304 e. The Kier molecular flexibility index (Phi) is 4.40. The highest BCUT2D eigenvalue weighted by Crippen LogP contribution is 2.18. The average Bonchev–Trinajstić information content (AvgIpc) is 3.26. The summed E-state index contributed by atoms with van der Waals surface area (Å²) in [4.78, 5) is 20.7. The van der Waals surface area contributed by atoms with E-state index >= 15 is 0 Å². The monoisotopic (exact) mass is 396 g/mol. The van der Waals surface area contributed by atoms with Gasteiger partial charge in [-0.1, -0.05) is 6.07 Å². The number of pyridine rings is 2. The Labute approximate surface area is 160 Å². The number of hydrogen-bond donors (Lipinski definition) is 1. The summed E-state index contributed by atoms with van der Waals surface area (Å²) in [6.07, 6.45) is 7.74. The maximum Gasteiger partial charge on any atom is 0.277 e. The average molecular weight is 396 g/mol. The van der Waals surface area contributed by atoms with Crippen LogP contribution in [0.5, 0.6) is 0 Å². The van der Waals surface area contributed by atoms with Gasteiger partial charge in [-0.2, -0.15) is 5.10 Å². The molecule has 0 aliphatic carbocycles. The maximum atomic E-state index is 12.7. The number of carbonyl (C=O) groups excluding carboxylic acids is 1. The van der Waals surface area contributed by atoms with Crippen LogP contribution in [0.25, 0.3) is 5.52 Å². The lowest BCUT2D eigenvalue weighted by Gasteiger charge is -2.02. The highest BCUT2D eigenvalue weighted by Gasteiger charge is 2.23. The van der Waals surface area contributed by atoms with Crippen molar-refractivity contribution in [2.45, 2.75) is 11.7 Å². The molecule has 0 radical (unpaired) electrons. The van der Waals surface area contributed by atoms with Crippen molar-refractivity contribution < 1.29 is 13.2 Å². The zero-order chi connectivity index (χ0) is 19.7. The Bertz CT molecular complexity index is 1260. The van der Waals surface area contributed by atoms with Gasteiger partial charge in [0.25, 0.3) is 5.91 Å². The minimum atomic E-state index is -3.60. The van der Waals surface area contributed by atoms with E-state index in [2.05, 4.69) is 20.4 Å². The second-order valence-corrected chi connectivity index (χ2v) is 8.09. The fourth-order valence-corrected chi connectivity index (χ4v) is 3.58. The summed E-state index contributed by atoms with van der Waals surface area (Å²) in [5, 5.41) is 6.80. The van der Waals surface area contributed by atoms with E-state index < -0.39 is 15.7 Å². The van der Waals surface area contributed by atoms with Crippen LogP contribution in [-0.4, -0.2) is 44.7 Å². The molecule has 0 fully saturated rings. The van der Waals surface area contributed by atoms with Gasteiger partial charge in [-0.05, 0) is 29.8 Å². The summed E-state index contributed by atoms with van der Waals surface area (Å²) in [5.74, 6) is -0.190. The van der Waals surface area contributed by atoms with Crippen LogP contribution < -0.4 is 5.32 Å². The highest BCUT2D eigenvalue weighted by molar-refractivity contribution is 7.90. The highest BCUT2D eigenvalue weighted by atomic mass is 32.2. The fourth-order valence-electron chi connectivity index (χ4n) is 2.81. The number of amides is 1. The number of nitrogens with one attached hydrogen (secondary N) is 1. The van der Waals surface area contributed by atoms with Gasteiger partial charge in [-0.25, -0.2) is 13.4 Å². The molecule has 0 bridgehead atoms. The summed E-state index contributed by atoms with van der Waals surface area (Å²) in [6.45, 7) is 0.532. The molecule has 0 saturated heterocycles. The molecule has 28 heavy (non-hydrogen) atoms. The zero-order valence-corrected chi connectivity index (χ0v) is 15.7. The molecule has 10 heteroatoms. The normalized spacial score (nSPS) is 11.6. The van der Waals surface area contributed by atoms with Crippen molar-refractivity contribution in [3.05, 3.63) is 72.4 Å². The Balaban J connectivity index is 1.60. The Hall–Kier alpha value is -3.53. The number of rotatable bonds is 5. The van der Waals surface area contributed by atoms with Crippen LogP contribution in [0.4, 0.5) is 5.82 Å². The van der Waals surface area contributed by atoms with E-state index in [1.807, 2.05) is 12.1 Å². The number of carbonyl (C=O) groups is 1. The first-order valence-electron chi connectivity index (χ1n) is 8.33. The molecule has 0 unspecified atom stereocenters. The van der Waals surface area contributed by atoms with Gasteiger partial charge in [0.2, 0.25) is 15.0 Å². The van der Waals surface area contributed by atoms with Crippen LogP contribution in [-0.2, 0) is 16.4 Å². The Morgan fingerprint density at radius 3 is 2.64 bits per heavy atom. The van der Waals surface area contributed by atoms with Gasteiger partial charge < -0.3 is 5.32 Å². The van der Waals surface area contributed by atoms with E-state index in [1.165, 1.54) is 4.40 Å². The number of sulfone groups is 1. The smallest absolute Gasteiger partial charge is 0.277 e. The van der Waals surface area contributed by atoms with Gasteiger partial charge in [-0.15, -0.1) is 0 Å². The quantitative estimate of drug-likeness (QED) is 0.549. The molecule has 0 atom stereocenters. The third-order valence-corrected chi connectivity index (χ3v) is 4.99. The summed E-state index contributed by atoms with van der Waals surface area (Å²) >= 11 is 0. The second kappa shape index (κ2) is 6.89. The molecule has 1 N–H and O–H groups in total. The molecule has 4 rings (SSSR count). The standard InChI is InChI=1S/C18H16N6O3S/c1-28(26,27)18-21-16(14-4-2-3-10-24(14)18)17(25)20-15-7-11-23(22-15)12-13-5-8-19-9-6-13/h2-11H,12H2,1H3,(H,20,22,25). The summed E-state index contributed by atoms with van der Waals surface area (Å²) < 4.78 is 27.0. The predicted octanol–water partition coefficient (Wildman–Crippen LogP) is 1.63. The molecule has 0 spiro atoms. The lowest BCUT2D eigenvalue weighted by atomic mass is 10.3. The third-order valence-electron chi connectivity index (χ3n) is 4.04. The largest absolute Gasteiger partial charge is 0.304 e. The van der Waals surface area contributed by atoms with Crippen LogP contribution in [0, 0.1) is 0 Å². The Morgan fingerprint density at radius 2 is 1.89 bits per heavy atom. The van der Waals surface area contributed by atoms with Crippen LogP contribution in [0.1, 0.15) is 16.1 Å². The van der Waals surface area contributed by atoms with E-state index in [1.54, 1.807) is 53.7 Å². The van der Waals surface area contributed by atoms with E-state index in [-0.39, 0.29) is 10.9 Å². The molecule has 142 valence electrons. The van der Waals surface area contributed by atoms with Gasteiger partial charge >= 0.3 is 0 Å². The number of imidazole rings is 1. The first-order valence-corrected chi connectivity index (χ1v) is 10.2. The molecule has 4 aromatic heterocycles. The van der Waals surface area contributed by atoms with Crippen molar-refractivity contribution in [2.75, 3.05) is 11.6 Å². The van der Waals surface area contributed by atoms with Crippen LogP contribution in [0.2, 0.25) is 0 Å². The summed E-state index contributed by atoms with van der Waals surface area (Å²) in [6, 6.07) is 10.4. The van der Waals surface area contributed by atoms with Crippen molar-refractivity contribution in [3.8, 4) is 0 Å². The first-order chi connectivity index (χ1) is 13.4. The molecule has 4 heterocycles. The SMILES string of the molecule is CS(=O)(=O)c1nc(C(=O)Nc2ccn(Cc3ccncc3)n2)c2ccccn12. The summed E-state index contributed by atoms with van der Waals surface area (Å²) in [5.41, 5.74) is 1.44. The number of nitrogens with zero attached hydrogens (tertiary/aromatic N) is 5. The van der Waals surface area contributed by atoms with Gasteiger partial charge in [0.15, 0.2) is 11.5 Å². The first kappa shape index (κ1) is 17.9. The van der Waals surface area contributed by atoms with Gasteiger partial charge in [0.05, 0.1) is 12.1 Å². The molecule has 0 aliphatic heterocycles. The van der Waals surface area contributed by atoms with E-state index in [0.717, 1.165) is 11.8 Å². The molecular weight excluding hydrogens is 380 g/mol. The molecule has 0 aliphatic rings. The lowest BCUT2D eigenvalue weighted by molar-refractivity contribution is 0.102. The zero-order valence-electron chi connectivity index (χ0n) is 14.8. The minimum absolute atomic E-state index is 0.0182. The molecule has 1 amide bonds. The van der Waals surface area contributed by atoms with Crippen molar-refractivity contribution in [3.63, 3.8) is 0 Å². The molecular formula is C18H16N6O3S. The van der Waals surface area contributed by atoms with E-state index in [4.69, 9.17) is 0 Å². The topological polar surface area (TPSA) is 111 Å². The van der Waals surface area contributed by atoms with E-state index in [0.29, 0.717) is 17.9 Å². The summed E-state index contributed by atoms with van der Waals surface area (Å²) in [7, 11) is -3.60. The number of hydrogen-bond acceptors (Lipinski definition) is 6. The van der Waals surface area contributed by atoms with Crippen molar-refractivity contribution in [1.29, 1.82) is 0 Å². The molecule has 0 saturated carbocycles. The number of anilines is 1. The second-order valence-electron chi connectivity index (χ2n) is 6.18. The lowest BCUT2D eigenvalue weighted by Crippen LogP contribution is -2.14. The fraction of sp³-hybridized carbons (Fsp3) is 0.111. The molecule has 4 aromatic rings. The van der Waals surface area contributed by atoms with E-state index in [9.17, 15) is 13.2 Å². The van der Waals surface area contributed by atoms with Crippen molar-refractivity contribution >= 4 is 27.1 Å². The van der Waals surface area contributed by atoms with Crippen LogP contribution >= 0.6 is 0 Å². The number of aromatic nitrogens is 5. The molecule has 9 nitrogen and oxygen atoms in total.